The molecule has 37 heavy (non-hydrogen) atoms. The van der Waals surface area contributed by atoms with Crippen LogP contribution in [0, 0.1) is 25.2 Å². The lowest BCUT2D eigenvalue weighted by Crippen LogP contribution is -2.72. The molecule has 0 amide bonds. The Kier molecular flexibility index (Phi) is 6.51. The highest BCUT2D eigenvalue weighted by atomic mass is 16.5. The molecule has 7 nitrogen and oxygen atoms in total. The predicted molar refractivity (Wildman–Crippen MR) is 145 cm³/mol. The number of allylic oxidation sites excluding steroid dienone is 3. The number of rotatable bonds is 6. The van der Waals surface area contributed by atoms with Gasteiger partial charge in [0, 0.05) is 51.1 Å². The fourth-order valence-corrected chi connectivity index (χ4v) is 4.75. The van der Waals surface area contributed by atoms with Crippen LogP contribution in [0.5, 0.6) is 11.6 Å². The van der Waals surface area contributed by atoms with Crippen molar-refractivity contribution >= 4 is 22.7 Å². The van der Waals surface area contributed by atoms with Crippen molar-refractivity contribution in [3.05, 3.63) is 94.8 Å². The number of quaternary nitrogens is 1. The molecule has 2 heterocycles. The van der Waals surface area contributed by atoms with Gasteiger partial charge in [0.1, 0.15) is 22.5 Å². The summed E-state index contributed by atoms with van der Waals surface area (Å²) in [6.07, 6.45) is 9.72. The maximum absolute atomic E-state index is 9.07. The molecule has 4 aromatic rings. The van der Waals surface area contributed by atoms with Crippen molar-refractivity contribution in [2.24, 2.45) is 7.05 Å². The van der Waals surface area contributed by atoms with Crippen LogP contribution in [-0.2, 0) is 7.05 Å². The Labute approximate surface area is 217 Å². The van der Waals surface area contributed by atoms with E-state index in [1.165, 1.54) is 11.3 Å². The van der Waals surface area contributed by atoms with Crippen molar-refractivity contribution < 1.29 is 10.1 Å². The van der Waals surface area contributed by atoms with Gasteiger partial charge in [-0.25, -0.2) is 5.32 Å². The third-order valence-electron chi connectivity index (χ3n) is 6.75. The van der Waals surface area contributed by atoms with Crippen molar-refractivity contribution in [1.29, 1.82) is 5.26 Å². The normalized spacial score (nSPS) is 14.9. The van der Waals surface area contributed by atoms with E-state index in [2.05, 4.69) is 69.3 Å². The standard InChI is InChI=1S/C30H30N6O/c1-19-16-23(22-8-12-25(13-9-22)35(3)4)17-20(2)28(19)37-29-27-26(14-15-36(27)5)33-30(34-29)32-24-10-6-21(18-31)7-11-24/h6-8,10-17,22H,9H2,1-5H3,(H,32,33,34)/p+1. The molecule has 7 heteroatoms. The summed E-state index contributed by atoms with van der Waals surface area (Å²) in [6, 6.07) is 15.9. The first kappa shape index (κ1) is 24.3. The van der Waals surface area contributed by atoms with Crippen molar-refractivity contribution in [2.45, 2.75) is 26.2 Å². The lowest BCUT2D eigenvalue weighted by molar-refractivity contribution is -0.487. The molecule has 186 valence electrons. The Balaban J connectivity index is 1.45. The Morgan fingerprint density at radius 1 is 1.08 bits per heavy atom. The summed E-state index contributed by atoms with van der Waals surface area (Å²) in [4.78, 5) is 11.7. The van der Waals surface area contributed by atoms with E-state index in [1.54, 1.807) is 12.1 Å². The van der Waals surface area contributed by atoms with Gasteiger partial charge in [0.2, 0.25) is 0 Å². The number of aromatic nitrogens is 3. The van der Waals surface area contributed by atoms with Crippen LogP contribution in [0.15, 0.2) is 72.6 Å². The number of fused-ring (bicyclic) bond motifs is 1. The first-order valence-electron chi connectivity index (χ1n) is 12.3. The van der Waals surface area contributed by atoms with Crippen LogP contribution >= 0.6 is 0 Å². The molecule has 0 radical (unpaired) electrons. The fraction of sp³-hybridized carbons (Fsp3) is 0.233. The molecule has 0 spiro atoms. The van der Waals surface area contributed by atoms with E-state index in [0.717, 1.165) is 40.0 Å². The number of hydrogen-bond donors (Lipinski definition) is 1. The molecule has 1 unspecified atom stereocenters. The zero-order chi connectivity index (χ0) is 26.1. The summed E-state index contributed by atoms with van der Waals surface area (Å²) < 4.78 is 8.51. The van der Waals surface area contributed by atoms with Gasteiger partial charge in [-0.2, -0.15) is 10.2 Å². The van der Waals surface area contributed by atoms with Crippen LogP contribution in [0.25, 0.3) is 11.0 Å². The van der Waals surface area contributed by atoms with Gasteiger partial charge < -0.3 is 14.2 Å². The van der Waals surface area contributed by atoms with E-state index in [-0.39, 0.29) is 0 Å². The van der Waals surface area contributed by atoms with Gasteiger partial charge in [-0.05, 0) is 61.2 Å². The molecular weight excluding hydrogens is 460 g/mol. The number of nitrogens with two attached hydrogens (primary N) is 1. The Bertz CT molecular complexity index is 1550. The van der Waals surface area contributed by atoms with Crippen LogP contribution in [0.1, 0.15) is 34.6 Å². The first-order chi connectivity index (χ1) is 17.8. The molecule has 0 fully saturated rings. The van der Waals surface area contributed by atoms with Crippen LogP contribution in [0.4, 0.5) is 11.6 Å². The number of nitriles is 1. The zero-order valence-corrected chi connectivity index (χ0v) is 21.9. The highest BCUT2D eigenvalue weighted by Gasteiger charge is 2.20. The van der Waals surface area contributed by atoms with Crippen LogP contribution < -0.4 is 10.1 Å². The second kappa shape index (κ2) is 9.92. The van der Waals surface area contributed by atoms with Gasteiger partial charge in [0.05, 0.1) is 11.6 Å². The van der Waals surface area contributed by atoms with Gasteiger partial charge in [0.15, 0.2) is 0 Å². The summed E-state index contributed by atoms with van der Waals surface area (Å²) >= 11 is 0. The molecule has 0 bridgehead atoms. The topological polar surface area (TPSA) is 83.6 Å². The first-order valence-corrected chi connectivity index (χ1v) is 12.3. The van der Waals surface area contributed by atoms with Crippen LogP contribution in [-0.4, -0.2) is 33.5 Å². The number of aryl methyl sites for hydroxylation is 3. The van der Waals surface area contributed by atoms with Crippen LogP contribution in [0.2, 0.25) is 0 Å². The molecule has 0 saturated carbocycles. The fourth-order valence-electron chi connectivity index (χ4n) is 4.75. The third-order valence-corrected chi connectivity index (χ3v) is 6.75. The summed E-state index contributed by atoms with van der Waals surface area (Å²) in [6.45, 7) is 4.18. The van der Waals surface area contributed by atoms with Gasteiger partial charge in [0.25, 0.3) is 5.88 Å². The monoisotopic (exact) mass is 491 g/mol. The molecule has 0 aliphatic heterocycles. The number of likely N-dealkylation sites (N-methyl/N-ethyl adjacent to an activating group) is 1. The lowest BCUT2D eigenvalue weighted by Gasteiger charge is -2.22. The maximum atomic E-state index is 9.07. The van der Waals surface area contributed by atoms with Crippen molar-refractivity contribution in [2.75, 3.05) is 14.1 Å². The van der Waals surface area contributed by atoms with E-state index in [4.69, 9.17) is 20.0 Å². The smallest absolute Gasteiger partial charge is 0.334 e. The molecular formula is C30H31N6O+. The lowest BCUT2D eigenvalue weighted by atomic mass is 9.89. The number of benzene rings is 2. The second-order valence-corrected chi connectivity index (χ2v) is 9.74. The van der Waals surface area contributed by atoms with Gasteiger partial charge in [-0.3, -0.25) is 0 Å². The minimum Gasteiger partial charge on any atom is -0.436 e. The number of nitrogens with zero attached hydrogens (tertiary/aromatic N) is 5. The van der Waals surface area contributed by atoms with E-state index < -0.39 is 0 Å². The Hall–Kier alpha value is -4.41. The van der Waals surface area contributed by atoms with E-state index in [0.29, 0.717) is 23.3 Å². The van der Waals surface area contributed by atoms with Crippen molar-refractivity contribution in [1.82, 2.24) is 19.4 Å². The SMILES string of the molecule is Cc1cc(C2C=CC(N(C)C)=CC2)cc(C)c1Oc1nc([NH2+]c2ccc(C#N)cc2)nc2ccn(C)c12. The second-order valence-electron chi connectivity index (χ2n) is 9.74. The minimum atomic E-state index is 0.349. The molecule has 2 aromatic carbocycles. The summed E-state index contributed by atoms with van der Waals surface area (Å²) in [5.41, 5.74) is 7.87. The Morgan fingerprint density at radius 2 is 1.81 bits per heavy atom. The molecule has 0 saturated heterocycles. The largest absolute Gasteiger partial charge is 0.436 e. The summed E-state index contributed by atoms with van der Waals surface area (Å²) in [5, 5.41) is 11.0. The average Bonchev–Trinajstić information content (AvgIpc) is 3.27. The van der Waals surface area contributed by atoms with Crippen molar-refractivity contribution in [3.8, 4) is 17.7 Å². The highest BCUT2D eigenvalue weighted by Crippen LogP contribution is 2.36. The zero-order valence-electron chi connectivity index (χ0n) is 21.9. The molecule has 5 rings (SSSR count). The maximum Gasteiger partial charge on any atom is 0.334 e. The van der Waals surface area contributed by atoms with Gasteiger partial charge >= 0.3 is 5.95 Å². The molecule has 1 aliphatic rings. The molecule has 2 N–H and O–H groups in total. The van der Waals surface area contributed by atoms with E-state index in [1.807, 2.05) is 41.3 Å². The number of ether oxygens (including phenoxy) is 1. The summed E-state index contributed by atoms with van der Waals surface area (Å²) in [7, 11) is 6.11. The highest BCUT2D eigenvalue weighted by molar-refractivity contribution is 5.81. The Morgan fingerprint density at radius 3 is 2.43 bits per heavy atom. The minimum absolute atomic E-state index is 0.349. The van der Waals surface area contributed by atoms with E-state index >= 15 is 0 Å². The summed E-state index contributed by atoms with van der Waals surface area (Å²) in [5.74, 6) is 2.25. The number of hydrogen-bond acceptors (Lipinski definition) is 5. The average molecular weight is 492 g/mol. The molecule has 2 aromatic heterocycles. The third kappa shape index (κ3) is 4.97. The quantitative estimate of drug-likeness (QED) is 0.372. The van der Waals surface area contributed by atoms with Gasteiger partial charge in [-0.1, -0.05) is 24.3 Å². The van der Waals surface area contributed by atoms with Crippen molar-refractivity contribution in [3.63, 3.8) is 0 Å². The molecule has 1 aliphatic carbocycles. The van der Waals surface area contributed by atoms with Crippen LogP contribution in [0.3, 0.4) is 0 Å². The van der Waals surface area contributed by atoms with E-state index in [9.17, 15) is 0 Å². The van der Waals surface area contributed by atoms with Gasteiger partial charge in [-0.15, -0.1) is 4.98 Å². The predicted octanol–water partition coefficient (Wildman–Crippen LogP) is 5.26. The molecule has 1 atom stereocenters.